The van der Waals surface area contributed by atoms with Gasteiger partial charge in [-0.2, -0.15) is 0 Å². The second-order valence-electron chi connectivity index (χ2n) is 5.07. The van der Waals surface area contributed by atoms with Crippen molar-refractivity contribution in [1.29, 1.82) is 0 Å². The minimum absolute atomic E-state index is 0.0165. The fourth-order valence-electron chi connectivity index (χ4n) is 2.09. The molecule has 1 aliphatic carbocycles. The predicted octanol–water partition coefficient (Wildman–Crippen LogP) is 3.07. The molecule has 92 valence electrons. The Hall–Kier alpha value is -1.51. The van der Waals surface area contributed by atoms with Gasteiger partial charge in [0.2, 0.25) is 0 Å². The lowest BCUT2D eigenvalue weighted by atomic mass is 10.0. The third-order valence-electron chi connectivity index (χ3n) is 3.81. The van der Waals surface area contributed by atoms with Crippen LogP contribution in [0.2, 0.25) is 0 Å². The average Bonchev–Trinajstić information content (AvgIpc) is 3.08. The Morgan fingerprint density at radius 3 is 2.71 bits per heavy atom. The lowest BCUT2D eigenvalue weighted by Gasteiger charge is -2.15. The zero-order valence-electron chi connectivity index (χ0n) is 10.5. The van der Waals surface area contributed by atoms with Crippen molar-refractivity contribution in [3.05, 3.63) is 23.8 Å². The maximum atomic E-state index is 11.4. The number of nitrogen functional groups attached to an aromatic ring is 1. The summed E-state index contributed by atoms with van der Waals surface area (Å²) in [5, 5.41) is 3.41. The molecular weight excluding hydrogens is 212 g/mol. The Balaban J connectivity index is 2.06. The smallest absolute Gasteiger partial charge is 0.161 e. The van der Waals surface area contributed by atoms with Crippen LogP contribution >= 0.6 is 0 Å². The van der Waals surface area contributed by atoms with E-state index in [0.717, 1.165) is 12.2 Å². The third kappa shape index (κ3) is 2.60. The fourth-order valence-corrected chi connectivity index (χ4v) is 2.09. The van der Waals surface area contributed by atoms with Gasteiger partial charge in [-0.3, -0.25) is 4.79 Å². The number of nitrogens with one attached hydrogen (secondary N) is 1. The van der Waals surface area contributed by atoms with Crippen LogP contribution in [0.3, 0.4) is 0 Å². The highest BCUT2D eigenvalue weighted by Gasteiger charge is 2.40. The number of Topliss-reactive ketones (excluding diaryl/α,β-unsaturated/α-hetero) is 1. The number of rotatable bonds is 5. The Morgan fingerprint density at radius 2 is 2.18 bits per heavy atom. The van der Waals surface area contributed by atoms with E-state index in [2.05, 4.69) is 12.2 Å². The van der Waals surface area contributed by atoms with Gasteiger partial charge in [0, 0.05) is 23.5 Å². The first-order chi connectivity index (χ1) is 8.06. The number of carbonyl (C=O) groups excluding carboxylic acids is 1. The van der Waals surface area contributed by atoms with E-state index < -0.39 is 0 Å². The van der Waals surface area contributed by atoms with Gasteiger partial charge < -0.3 is 11.1 Å². The molecule has 0 aromatic heterocycles. The van der Waals surface area contributed by atoms with E-state index in [0.29, 0.717) is 16.7 Å². The Morgan fingerprint density at radius 1 is 1.47 bits per heavy atom. The van der Waals surface area contributed by atoms with E-state index in [1.165, 1.54) is 19.3 Å². The molecule has 0 amide bonds. The molecule has 3 nitrogen and oxygen atoms in total. The number of carbonyl (C=O) groups is 1. The molecule has 2 rings (SSSR count). The zero-order valence-corrected chi connectivity index (χ0v) is 10.5. The summed E-state index contributed by atoms with van der Waals surface area (Å²) in [6, 6.07) is 5.58. The number of anilines is 2. The first-order valence-corrected chi connectivity index (χ1v) is 6.21. The van der Waals surface area contributed by atoms with Crippen LogP contribution in [-0.2, 0) is 0 Å². The molecule has 0 spiro atoms. The molecule has 3 heteroatoms. The minimum atomic E-state index is 0.0165. The second-order valence-corrected chi connectivity index (χ2v) is 5.07. The minimum Gasteiger partial charge on any atom is -0.398 e. The number of hydrogen-bond donors (Lipinski definition) is 2. The summed E-state index contributed by atoms with van der Waals surface area (Å²) in [5.74, 6) is 0.0165. The monoisotopic (exact) mass is 232 g/mol. The molecule has 0 saturated heterocycles. The van der Waals surface area contributed by atoms with Crippen molar-refractivity contribution < 1.29 is 4.79 Å². The van der Waals surface area contributed by atoms with Crippen LogP contribution < -0.4 is 11.1 Å². The van der Waals surface area contributed by atoms with E-state index in [1.807, 2.05) is 12.1 Å². The molecule has 0 heterocycles. The molecule has 1 aromatic rings. The highest BCUT2D eigenvalue weighted by molar-refractivity contribution is 6.00. The van der Waals surface area contributed by atoms with Crippen molar-refractivity contribution in [3.8, 4) is 0 Å². The van der Waals surface area contributed by atoms with Crippen LogP contribution in [0.1, 0.15) is 43.5 Å². The lowest BCUT2D eigenvalue weighted by molar-refractivity contribution is 0.101. The maximum Gasteiger partial charge on any atom is 0.161 e. The van der Waals surface area contributed by atoms with Gasteiger partial charge in [-0.05, 0) is 49.8 Å². The standard InChI is InChI=1S/C14H20N2O/c1-3-14(6-7-14)9-16-11-4-5-13(15)12(8-11)10(2)17/h4-5,8,16H,3,6-7,9,15H2,1-2H3. The van der Waals surface area contributed by atoms with Gasteiger partial charge in [-0.15, -0.1) is 0 Å². The highest BCUT2D eigenvalue weighted by Crippen LogP contribution is 2.48. The average molecular weight is 232 g/mol. The molecule has 1 saturated carbocycles. The Bertz CT molecular complexity index is 436. The molecule has 0 atom stereocenters. The van der Waals surface area contributed by atoms with E-state index >= 15 is 0 Å². The van der Waals surface area contributed by atoms with Gasteiger partial charge >= 0.3 is 0 Å². The Labute approximate surface area is 102 Å². The largest absolute Gasteiger partial charge is 0.398 e. The quantitative estimate of drug-likeness (QED) is 0.606. The predicted molar refractivity (Wildman–Crippen MR) is 71.3 cm³/mol. The van der Waals surface area contributed by atoms with Crippen molar-refractivity contribution >= 4 is 17.2 Å². The van der Waals surface area contributed by atoms with Crippen LogP contribution in [0.5, 0.6) is 0 Å². The normalized spacial score (nSPS) is 16.6. The number of nitrogens with two attached hydrogens (primary N) is 1. The van der Waals surface area contributed by atoms with E-state index in [9.17, 15) is 4.79 Å². The number of ketones is 1. The summed E-state index contributed by atoms with van der Waals surface area (Å²) in [4.78, 5) is 11.4. The highest BCUT2D eigenvalue weighted by atomic mass is 16.1. The summed E-state index contributed by atoms with van der Waals surface area (Å²) in [6.45, 7) is 4.77. The zero-order chi connectivity index (χ0) is 12.5. The molecule has 1 fully saturated rings. The van der Waals surface area contributed by atoms with Crippen molar-refractivity contribution in [1.82, 2.24) is 0 Å². The molecule has 0 aliphatic heterocycles. The molecule has 0 unspecified atom stereocenters. The first kappa shape index (κ1) is 12.0. The van der Waals surface area contributed by atoms with Gasteiger partial charge in [0.15, 0.2) is 5.78 Å². The maximum absolute atomic E-state index is 11.4. The van der Waals surface area contributed by atoms with Gasteiger partial charge in [0.25, 0.3) is 0 Å². The summed E-state index contributed by atoms with van der Waals surface area (Å²) in [6.07, 6.45) is 3.84. The number of benzene rings is 1. The fraction of sp³-hybridized carbons (Fsp3) is 0.500. The van der Waals surface area contributed by atoms with E-state index in [1.54, 1.807) is 13.0 Å². The topological polar surface area (TPSA) is 55.1 Å². The lowest BCUT2D eigenvalue weighted by Crippen LogP contribution is -2.14. The summed E-state index contributed by atoms with van der Waals surface area (Å²) >= 11 is 0. The van der Waals surface area contributed by atoms with Crippen molar-refractivity contribution in [2.24, 2.45) is 5.41 Å². The number of hydrogen-bond acceptors (Lipinski definition) is 3. The second kappa shape index (κ2) is 4.40. The first-order valence-electron chi connectivity index (χ1n) is 6.21. The van der Waals surface area contributed by atoms with Crippen LogP contribution in [0, 0.1) is 5.41 Å². The third-order valence-corrected chi connectivity index (χ3v) is 3.81. The molecule has 3 N–H and O–H groups in total. The molecule has 1 aliphatic rings. The van der Waals surface area contributed by atoms with Gasteiger partial charge in [-0.25, -0.2) is 0 Å². The molecule has 0 bridgehead atoms. The summed E-state index contributed by atoms with van der Waals surface area (Å²) < 4.78 is 0. The summed E-state index contributed by atoms with van der Waals surface area (Å²) in [7, 11) is 0. The SMILES string of the molecule is CCC1(CNc2ccc(N)c(C(C)=O)c2)CC1. The van der Waals surface area contributed by atoms with Crippen LogP contribution in [-0.4, -0.2) is 12.3 Å². The molecule has 1 aromatic carbocycles. The Kier molecular flexibility index (Phi) is 3.09. The van der Waals surface area contributed by atoms with Crippen LogP contribution in [0.25, 0.3) is 0 Å². The van der Waals surface area contributed by atoms with Gasteiger partial charge in [-0.1, -0.05) is 6.92 Å². The van der Waals surface area contributed by atoms with Crippen LogP contribution in [0.15, 0.2) is 18.2 Å². The van der Waals surface area contributed by atoms with Gasteiger partial charge in [0.05, 0.1) is 0 Å². The molecular formula is C14H20N2O. The van der Waals surface area contributed by atoms with Crippen molar-refractivity contribution in [3.63, 3.8) is 0 Å². The van der Waals surface area contributed by atoms with Crippen molar-refractivity contribution in [2.75, 3.05) is 17.6 Å². The van der Waals surface area contributed by atoms with Gasteiger partial charge in [0.1, 0.15) is 0 Å². The van der Waals surface area contributed by atoms with Crippen molar-refractivity contribution in [2.45, 2.75) is 33.1 Å². The molecule has 17 heavy (non-hydrogen) atoms. The molecule has 0 radical (unpaired) electrons. The van der Waals surface area contributed by atoms with E-state index in [4.69, 9.17) is 5.73 Å². The van der Waals surface area contributed by atoms with Crippen LogP contribution in [0.4, 0.5) is 11.4 Å². The summed E-state index contributed by atoms with van der Waals surface area (Å²) in [5.41, 5.74) is 8.41. The van der Waals surface area contributed by atoms with E-state index in [-0.39, 0.29) is 5.78 Å².